The molecule has 1 fully saturated rings. The number of aryl methyl sites for hydroxylation is 1. The number of hydrogen-bond donors (Lipinski definition) is 2. The quantitative estimate of drug-likeness (QED) is 0.635. The second kappa shape index (κ2) is 8.82. The van der Waals surface area contributed by atoms with E-state index in [1.807, 2.05) is 49.4 Å². The van der Waals surface area contributed by atoms with E-state index in [1.165, 1.54) is 12.8 Å². The van der Waals surface area contributed by atoms with Gasteiger partial charge in [0.15, 0.2) is 0 Å². The minimum absolute atomic E-state index is 0.217. The zero-order valence-electron chi connectivity index (χ0n) is 17.2. The van der Waals surface area contributed by atoms with E-state index < -0.39 is 0 Å². The zero-order chi connectivity index (χ0) is 20.9. The average molecular weight is 403 g/mol. The van der Waals surface area contributed by atoms with Gasteiger partial charge in [-0.3, -0.25) is 4.79 Å². The van der Waals surface area contributed by atoms with E-state index >= 15 is 0 Å². The van der Waals surface area contributed by atoms with Crippen LogP contribution in [0.1, 0.15) is 28.9 Å². The minimum atomic E-state index is -0.217. The molecule has 1 aliphatic heterocycles. The number of ether oxygens (including phenoxy) is 1. The number of carbonyl (C=O) groups excluding carboxylic acids is 1. The number of nitrogens with zero attached hydrogens (tertiary/aromatic N) is 3. The Balaban J connectivity index is 1.44. The highest BCUT2D eigenvalue weighted by atomic mass is 16.5. The maximum absolute atomic E-state index is 12.5. The van der Waals surface area contributed by atoms with Crippen molar-refractivity contribution in [2.45, 2.75) is 19.8 Å². The molecule has 0 saturated carbocycles. The van der Waals surface area contributed by atoms with Gasteiger partial charge in [-0.05, 0) is 56.2 Å². The van der Waals surface area contributed by atoms with Crippen molar-refractivity contribution in [3.8, 4) is 5.75 Å². The third-order valence-electron chi connectivity index (χ3n) is 5.02. The molecule has 0 spiro atoms. The van der Waals surface area contributed by atoms with Gasteiger partial charge < -0.3 is 20.3 Å². The summed E-state index contributed by atoms with van der Waals surface area (Å²) in [6, 6.07) is 16.6. The molecule has 3 aromatic rings. The van der Waals surface area contributed by atoms with E-state index in [1.54, 1.807) is 19.2 Å². The normalized spacial score (nSPS) is 13.2. The molecule has 0 aliphatic carbocycles. The Labute approximate surface area is 176 Å². The van der Waals surface area contributed by atoms with Gasteiger partial charge in [-0.25, -0.2) is 4.98 Å². The van der Waals surface area contributed by atoms with Crippen LogP contribution in [0.2, 0.25) is 0 Å². The van der Waals surface area contributed by atoms with E-state index in [9.17, 15) is 4.79 Å². The molecule has 2 N–H and O–H groups in total. The Morgan fingerprint density at radius 3 is 2.43 bits per heavy atom. The largest absolute Gasteiger partial charge is 0.496 e. The Hall–Kier alpha value is -3.61. The molecule has 0 atom stereocenters. The van der Waals surface area contributed by atoms with Crippen molar-refractivity contribution in [2.75, 3.05) is 35.7 Å². The van der Waals surface area contributed by atoms with Crippen LogP contribution in [0.25, 0.3) is 0 Å². The maximum Gasteiger partial charge on any atom is 0.259 e. The zero-order valence-corrected chi connectivity index (χ0v) is 17.2. The fourth-order valence-corrected chi connectivity index (χ4v) is 3.51. The van der Waals surface area contributed by atoms with Gasteiger partial charge in [0.25, 0.3) is 5.91 Å². The number of hydrogen-bond acceptors (Lipinski definition) is 6. The predicted octanol–water partition coefficient (Wildman–Crippen LogP) is 4.39. The summed E-state index contributed by atoms with van der Waals surface area (Å²) in [5.74, 6) is 1.86. The fraction of sp³-hybridized carbons (Fsp3) is 0.261. The van der Waals surface area contributed by atoms with Crippen molar-refractivity contribution < 1.29 is 9.53 Å². The summed E-state index contributed by atoms with van der Waals surface area (Å²) in [7, 11) is 1.55. The van der Waals surface area contributed by atoms with Gasteiger partial charge in [0.1, 0.15) is 11.6 Å². The number of carbonyl (C=O) groups is 1. The number of para-hydroxylation sites is 1. The molecule has 0 unspecified atom stereocenters. The highest BCUT2D eigenvalue weighted by Gasteiger charge is 2.15. The number of rotatable bonds is 6. The molecule has 4 rings (SSSR count). The van der Waals surface area contributed by atoms with Crippen molar-refractivity contribution in [3.05, 3.63) is 65.9 Å². The molecule has 1 aromatic heterocycles. The second-order valence-corrected chi connectivity index (χ2v) is 7.24. The first kappa shape index (κ1) is 19.7. The third kappa shape index (κ3) is 4.51. The summed E-state index contributed by atoms with van der Waals surface area (Å²) in [5, 5.41) is 6.15. The monoisotopic (exact) mass is 403 g/mol. The van der Waals surface area contributed by atoms with Crippen LogP contribution in [0, 0.1) is 6.92 Å². The standard InChI is InChI=1S/C23H25N5O2/c1-16-15-21(28-13-5-6-14-28)27-23(24-16)26-18-11-9-17(10-12-18)25-22(29)19-7-3-4-8-20(19)30-2/h3-4,7-12,15H,5-6,13-14H2,1-2H3,(H,25,29)(H,24,26,27). The number of aromatic nitrogens is 2. The first-order valence-corrected chi connectivity index (χ1v) is 10.0. The van der Waals surface area contributed by atoms with Gasteiger partial charge in [0.05, 0.1) is 12.7 Å². The van der Waals surface area contributed by atoms with Gasteiger partial charge >= 0.3 is 0 Å². The summed E-state index contributed by atoms with van der Waals surface area (Å²) in [4.78, 5) is 24.0. The second-order valence-electron chi connectivity index (χ2n) is 7.24. The van der Waals surface area contributed by atoms with Gasteiger partial charge in [0.2, 0.25) is 5.95 Å². The van der Waals surface area contributed by atoms with Crippen LogP contribution in [0.5, 0.6) is 5.75 Å². The lowest BCUT2D eigenvalue weighted by atomic mass is 10.2. The van der Waals surface area contributed by atoms with Crippen molar-refractivity contribution in [2.24, 2.45) is 0 Å². The number of anilines is 4. The molecule has 154 valence electrons. The van der Waals surface area contributed by atoms with E-state index in [0.717, 1.165) is 30.3 Å². The first-order valence-electron chi connectivity index (χ1n) is 10.0. The fourth-order valence-electron chi connectivity index (χ4n) is 3.51. The molecule has 1 aliphatic rings. The van der Waals surface area contributed by atoms with Gasteiger partial charge in [-0.2, -0.15) is 4.98 Å². The van der Waals surface area contributed by atoms with Gasteiger partial charge in [-0.1, -0.05) is 12.1 Å². The van der Waals surface area contributed by atoms with Gasteiger partial charge in [-0.15, -0.1) is 0 Å². The van der Waals surface area contributed by atoms with Crippen LogP contribution in [0.15, 0.2) is 54.6 Å². The third-order valence-corrected chi connectivity index (χ3v) is 5.02. The number of methoxy groups -OCH3 is 1. The molecule has 7 nitrogen and oxygen atoms in total. The molecular formula is C23H25N5O2. The van der Waals surface area contributed by atoms with Crippen LogP contribution < -0.4 is 20.3 Å². The van der Waals surface area contributed by atoms with E-state index in [4.69, 9.17) is 4.74 Å². The van der Waals surface area contributed by atoms with E-state index in [0.29, 0.717) is 22.9 Å². The highest BCUT2D eigenvalue weighted by molar-refractivity contribution is 6.06. The Kier molecular flexibility index (Phi) is 5.79. The predicted molar refractivity (Wildman–Crippen MR) is 119 cm³/mol. The Morgan fingerprint density at radius 1 is 1.00 bits per heavy atom. The van der Waals surface area contributed by atoms with Crippen LogP contribution in [0.3, 0.4) is 0 Å². The number of nitrogens with one attached hydrogen (secondary N) is 2. The van der Waals surface area contributed by atoms with Crippen LogP contribution in [0.4, 0.5) is 23.1 Å². The average Bonchev–Trinajstić information content (AvgIpc) is 3.30. The smallest absolute Gasteiger partial charge is 0.259 e. The molecular weight excluding hydrogens is 378 g/mol. The molecule has 7 heteroatoms. The highest BCUT2D eigenvalue weighted by Crippen LogP contribution is 2.23. The number of benzene rings is 2. The van der Waals surface area contributed by atoms with E-state index in [-0.39, 0.29) is 5.91 Å². The summed E-state index contributed by atoms with van der Waals surface area (Å²) in [5.41, 5.74) is 2.96. The lowest BCUT2D eigenvalue weighted by Crippen LogP contribution is -2.19. The van der Waals surface area contributed by atoms with Crippen molar-refractivity contribution in [3.63, 3.8) is 0 Å². The van der Waals surface area contributed by atoms with Crippen LogP contribution in [-0.4, -0.2) is 36.1 Å². The molecule has 2 aromatic carbocycles. The minimum Gasteiger partial charge on any atom is -0.496 e. The molecule has 2 heterocycles. The van der Waals surface area contributed by atoms with Gasteiger partial charge in [0, 0.05) is 36.2 Å². The Morgan fingerprint density at radius 2 is 1.70 bits per heavy atom. The lowest BCUT2D eigenvalue weighted by molar-refractivity contribution is 0.102. The molecule has 0 bridgehead atoms. The van der Waals surface area contributed by atoms with Crippen molar-refractivity contribution in [1.29, 1.82) is 0 Å². The van der Waals surface area contributed by atoms with E-state index in [2.05, 4.69) is 25.5 Å². The molecule has 1 amide bonds. The lowest BCUT2D eigenvalue weighted by Gasteiger charge is -2.17. The summed E-state index contributed by atoms with van der Waals surface area (Å²) in [6.45, 7) is 4.05. The van der Waals surface area contributed by atoms with Crippen molar-refractivity contribution >= 4 is 29.0 Å². The first-order chi connectivity index (χ1) is 14.6. The SMILES string of the molecule is COc1ccccc1C(=O)Nc1ccc(Nc2nc(C)cc(N3CCCC3)n2)cc1. The van der Waals surface area contributed by atoms with Crippen LogP contribution >= 0.6 is 0 Å². The summed E-state index contributed by atoms with van der Waals surface area (Å²) in [6.07, 6.45) is 2.40. The topological polar surface area (TPSA) is 79.4 Å². The summed E-state index contributed by atoms with van der Waals surface area (Å²) >= 11 is 0. The number of amides is 1. The Bertz CT molecular complexity index is 1030. The molecule has 30 heavy (non-hydrogen) atoms. The van der Waals surface area contributed by atoms with Crippen LogP contribution in [-0.2, 0) is 0 Å². The molecule has 1 saturated heterocycles. The van der Waals surface area contributed by atoms with Crippen molar-refractivity contribution in [1.82, 2.24) is 9.97 Å². The maximum atomic E-state index is 12.5. The summed E-state index contributed by atoms with van der Waals surface area (Å²) < 4.78 is 5.26. The molecule has 0 radical (unpaired) electrons.